The van der Waals surface area contributed by atoms with Gasteiger partial charge in [-0.15, -0.1) is 0 Å². The Morgan fingerprint density at radius 2 is 2.14 bits per heavy atom. The fourth-order valence-corrected chi connectivity index (χ4v) is 0.925. The number of nitro benzene ring substituents is 1. The summed E-state index contributed by atoms with van der Waals surface area (Å²) in [6.45, 7) is 0. The maximum atomic E-state index is 13.0. The van der Waals surface area contributed by atoms with Crippen LogP contribution in [0.25, 0.3) is 6.08 Å². The fraction of sp³-hybridized carbons (Fsp3) is 0. The molecule has 0 saturated carbocycles. The van der Waals surface area contributed by atoms with Crippen LogP contribution in [0, 0.1) is 15.9 Å². The number of hydrogen-bond acceptors (Lipinski definition) is 3. The zero-order valence-corrected chi connectivity index (χ0v) is 7.01. The third kappa shape index (κ3) is 2.22. The van der Waals surface area contributed by atoms with Gasteiger partial charge in [-0.2, -0.15) is 4.39 Å². The summed E-state index contributed by atoms with van der Waals surface area (Å²) < 4.78 is 13.0. The van der Waals surface area contributed by atoms with Crippen molar-refractivity contribution >= 4 is 18.0 Å². The molecule has 4 nitrogen and oxygen atoms in total. The highest BCUT2D eigenvalue weighted by molar-refractivity contribution is 5.73. The number of halogens is 1. The first kappa shape index (κ1) is 10.0. The first-order valence-electron chi connectivity index (χ1n) is 3.71. The molecule has 14 heavy (non-hydrogen) atoms. The molecule has 1 aromatic rings. The summed E-state index contributed by atoms with van der Waals surface area (Å²) in [5, 5.41) is 10.2. The number of hydrogen-bond donors (Lipinski definition) is 0. The number of benzene rings is 1. The molecule has 0 aliphatic heterocycles. The van der Waals surface area contributed by atoms with Crippen LogP contribution in [0.5, 0.6) is 0 Å². The summed E-state index contributed by atoms with van der Waals surface area (Å²) in [6, 6.07) is 3.42. The minimum absolute atomic E-state index is 0.403. The van der Waals surface area contributed by atoms with Crippen LogP contribution >= 0.6 is 0 Å². The number of carbonyl (C=O) groups is 1. The Kier molecular flexibility index (Phi) is 3.06. The molecule has 0 aliphatic rings. The van der Waals surface area contributed by atoms with E-state index in [1.54, 1.807) is 0 Å². The number of nitro groups is 1. The number of aldehydes is 1. The van der Waals surface area contributed by atoms with E-state index in [1.807, 2.05) is 0 Å². The minimum atomic E-state index is -0.914. The van der Waals surface area contributed by atoms with E-state index in [-0.39, 0.29) is 0 Å². The smallest absolute Gasteiger partial charge is 0.299 e. The van der Waals surface area contributed by atoms with E-state index in [2.05, 4.69) is 0 Å². The second kappa shape index (κ2) is 4.27. The van der Waals surface area contributed by atoms with Gasteiger partial charge in [0.2, 0.25) is 5.82 Å². The van der Waals surface area contributed by atoms with Gasteiger partial charge >= 0.3 is 5.69 Å². The summed E-state index contributed by atoms with van der Waals surface area (Å²) in [5.41, 5.74) is -0.173. The van der Waals surface area contributed by atoms with Gasteiger partial charge in [0.05, 0.1) is 4.92 Å². The van der Waals surface area contributed by atoms with Gasteiger partial charge in [0, 0.05) is 6.07 Å². The van der Waals surface area contributed by atoms with Crippen LogP contribution in [-0.4, -0.2) is 11.2 Å². The minimum Gasteiger partial charge on any atom is -0.299 e. The van der Waals surface area contributed by atoms with Crippen LogP contribution in [0.3, 0.4) is 0 Å². The molecule has 0 spiro atoms. The average Bonchev–Trinajstić information content (AvgIpc) is 2.14. The van der Waals surface area contributed by atoms with Crippen LogP contribution < -0.4 is 0 Å². The van der Waals surface area contributed by atoms with Crippen LogP contribution in [0.15, 0.2) is 24.3 Å². The Morgan fingerprint density at radius 1 is 1.43 bits per heavy atom. The lowest BCUT2D eigenvalue weighted by atomic mass is 10.2. The van der Waals surface area contributed by atoms with Gasteiger partial charge in [0.15, 0.2) is 0 Å². The number of rotatable bonds is 3. The molecule has 0 unspecified atom stereocenters. The lowest BCUT2D eigenvalue weighted by Gasteiger charge is -1.95. The summed E-state index contributed by atoms with van der Waals surface area (Å²) in [6.07, 6.45) is 3.08. The largest absolute Gasteiger partial charge is 0.304 e. The van der Waals surface area contributed by atoms with Crippen molar-refractivity contribution in [2.24, 2.45) is 0 Å². The van der Waals surface area contributed by atoms with Crippen LogP contribution in [-0.2, 0) is 4.79 Å². The molecule has 1 rings (SSSR count). The van der Waals surface area contributed by atoms with E-state index in [1.165, 1.54) is 18.2 Å². The van der Waals surface area contributed by atoms with Gasteiger partial charge in [-0.05, 0) is 23.8 Å². The van der Waals surface area contributed by atoms with Gasteiger partial charge < -0.3 is 0 Å². The van der Waals surface area contributed by atoms with Crippen molar-refractivity contribution in [1.29, 1.82) is 0 Å². The highest BCUT2D eigenvalue weighted by Crippen LogP contribution is 2.18. The van der Waals surface area contributed by atoms with Crippen LogP contribution in [0.1, 0.15) is 5.56 Å². The lowest BCUT2D eigenvalue weighted by Crippen LogP contribution is -1.92. The van der Waals surface area contributed by atoms with Gasteiger partial charge in [-0.3, -0.25) is 14.9 Å². The molecule has 0 saturated heterocycles. The Bertz CT molecular complexity index is 401. The standard InChI is InChI=1S/C9H6FNO3/c10-8-6-7(2-1-5-12)3-4-9(8)11(13)14/h1-6H. The van der Waals surface area contributed by atoms with E-state index in [0.717, 1.165) is 12.1 Å². The molecule has 0 amide bonds. The maximum absolute atomic E-state index is 13.0. The monoisotopic (exact) mass is 195 g/mol. The normalized spacial score (nSPS) is 10.4. The fourth-order valence-electron chi connectivity index (χ4n) is 0.925. The van der Waals surface area contributed by atoms with Gasteiger partial charge in [0.1, 0.15) is 6.29 Å². The molecule has 0 aliphatic carbocycles. The van der Waals surface area contributed by atoms with Crippen LogP contribution in [0.4, 0.5) is 10.1 Å². The first-order valence-corrected chi connectivity index (χ1v) is 3.71. The number of allylic oxidation sites excluding steroid dienone is 1. The highest BCUT2D eigenvalue weighted by Gasteiger charge is 2.12. The third-order valence-electron chi connectivity index (χ3n) is 1.54. The highest BCUT2D eigenvalue weighted by atomic mass is 19.1. The Balaban J connectivity index is 3.06. The molecule has 0 radical (unpaired) electrons. The van der Waals surface area contributed by atoms with Crippen molar-refractivity contribution in [3.05, 3.63) is 45.8 Å². The predicted octanol–water partition coefficient (Wildman–Crippen LogP) is 1.95. The summed E-state index contributed by atoms with van der Waals surface area (Å²) in [4.78, 5) is 19.4. The van der Waals surface area contributed by atoms with Crippen molar-refractivity contribution in [3.8, 4) is 0 Å². The topological polar surface area (TPSA) is 60.2 Å². The van der Waals surface area contributed by atoms with Crippen LogP contribution in [0.2, 0.25) is 0 Å². The predicted molar refractivity (Wildman–Crippen MR) is 48.2 cm³/mol. The first-order chi connectivity index (χ1) is 6.65. The maximum Gasteiger partial charge on any atom is 0.304 e. The van der Waals surface area contributed by atoms with Crippen molar-refractivity contribution < 1.29 is 14.1 Å². The molecule has 0 fully saturated rings. The Morgan fingerprint density at radius 3 is 2.64 bits per heavy atom. The van der Waals surface area contributed by atoms with Crippen molar-refractivity contribution in [2.45, 2.75) is 0 Å². The summed E-state index contributed by atoms with van der Waals surface area (Å²) in [7, 11) is 0. The zero-order chi connectivity index (χ0) is 10.6. The van der Waals surface area contributed by atoms with Crippen molar-refractivity contribution in [1.82, 2.24) is 0 Å². The Hall–Kier alpha value is -2.04. The molecule has 72 valence electrons. The van der Waals surface area contributed by atoms with Crippen molar-refractivity contribution in [3.63, 3.8) is 0 Å². The van der Waals surface area contributed by atoms with Gasteiger partial charge in [0.25, 0.3) is 0 Å². The molecule has 0 heterocycles. The third-order valence-corrected chi connectivity index (χ3v) is 1.54. The molecule has 1 aromatic carbocycles. The summed E-state index contributed by atoms with van der Waals surface area (Å²) >= 11 is 0. The molecular weight excluding hydrogens is 189 g/mol. The van der Waals surface area contributed by atoms with E-state index >= 15 is 0 Å². The lowest BCUT2D eigenvalue weighted by molar-refractivity contribution is -0.387. The van der Waals surface area contributed by atoms with E-state index in [4.69, 9.17) is 0 Å². The molecular formula is C9H6FNO3. The number of nitrogens with zero attached hydrogens (tertiary/aromatic N) is 1. The second-order valence-corrected chi connectivity index (χ2v) is 2.46. The van der Waals surface area contributed by atoms with E-state index < -0.39 is 16.4 Å². The number of carbonyl (C=O) groups excluding carboxylic acids is 1. The van der Waals surface area contributed by atoms with Crippen molar-refractivity contribution in [2.75, 3.05) is 0 Å². The molecule has 0 bridgehead atoms. The second-order valence-electron chi connectivity index (χ2n) is 2.46. The molecule has 0 atom stereocenters. The SMILES string of the molecule is O=CC=Cc1ccc([N+](=O)[O-])c(F)c1. The summed E-state index contributed by atoms with van der Waals surface area (Å²) in [5.74, 6) is -0.914. The van der Waals surface area contributed by atoms with Gasteiger partial charge in [-0.25, -0.2) is 0 Å². The van der Waals surface area contributed by atoms with E-state index in [0.29, 0.717) is 11.8 Å². The van der Waals surface area contributed by atoms with E-state index in [9.17, 15) is 19.3 Å². The Labute approximate surface area is 78.8 Å². The van der Waals surface area contributed by atoms with Gasteiger partial charge in [-0.1, -0.05) is 6.08 Å². The zero-order valence-electron chi connectivity index (χ0n) is 7.01. The average molecular weight is 195 g/mol. The molecule has 0 N–H and O–H groups in total. The molecule has 5 heteroatoms. The molecule has 0 aromatic heterocycles. The quantitative estimate of drug-likeness (QED) is 0.320.